The molecule has 19 rings (SSSR count). The monoisotopic (exact) mass is 2020 g/mol. The fourth-order valence-electron chi connectivity index (χ4n) is 16.7. The minimum Gasteiger partial charge on any atom is -0.470 e. The Bertz CT molecular complexity index is 6690. The zero-order valence-electron chi connectivity index (χ0n) is 78.6. The summed E-state index contributed by atoms with van der Waals surface area (Å²) in [5.74, 6) is 0.0216. The Hall–Kier alpha value is -9.11. The number of benzene rings is 6. The fourth-order valence-corrected chi connectivity index (χ4v) is 20.8. The van der Waals surface area contributed by atoms with Crippen molar-refractivity contribution in [3.8, 4) is 73.7 Å². The summed E-state index contributed by atoms with van der Waals surface area (Å²) in [6.45, 7) is 24.8. The Morgan fingerprint density at radius 1 is 0.463 bits per heavy atom. The first-order valence-corrected chi connectivity index (χ1v) is 59.1. The number of rotatable bonds is 25. The van der Waals surface area contributed by atoms with E-state index in [1.807, 2.05) is 161 Å². The molecule has 0 amide bonds. The molecule has 28 nitrogen and oxygen atoms in total. The van der Waals surface area contributed by atoms with Gasteiger partial charge in [-0.05, 0) is 116 Å². The number of H-pyrrole nitrogens is 1. The number of fused-ring (bicyclic) bond motifs is 6. The second-order valence-corrected chi connectivity index (χ2v) is 57.7. The molecule has 5 N–H and O–H groups in total. The number of ether oxygens (including phenoxy) is 11. The van der Waals surface area contributed by atoms with Gasteiger partial charge in [0.15, 0.2) is 53.4 Å². The lowest BCUT2D eigenvalue weighted by molar-refractivity contribution is 0.00475. The summed E-state index contributed by atoms with van der Waals surface area (Å²) in [7, 11) is -7.29. The number of nitrogens with one attached hydrogen (secondary N) is 2. The average Bonchev–Trinajstić information content (AvgIpc) is 1.61. The Kier molecular flexibility index (Phi) is 29.8. The number of aliphatic hydroxyl groups excluding tert-OH is 3. The summed E-state index contributed by atoms with van der Waals surface area (Å²) in [5, 5.41) is 30.2. The molecule has 136 heavy (non-hydrogen) atoms. The molecule has 0 radical (unpaired) electrons. The Balaban J connectivity index is 0.000000139. The third-order valence-electron chi connectivity index (χ3n) is 25.6. The maximum atomic E-state index is 15.7. The lowest BCUT2D eigenvalue weighted by Gasteiger charge is -2.32. The van der Waals surface area contributed by atoms with Gasteiger partial charge in [-0.15, -0.1) is 0 Å². The number of nitrogens with zero attached hydrogens (tertiary/aromatic N) is 7. The van der Waals surface area contributed by atoms with Crippen molar-refractivity contribution >= 4 is 107 Å². The highest BCUT2D eigenvalue weighted by molar-refractivity contribution is 9.10. The van der Waals surface area contributed by atoms with Crippen molar-refractivity contribution in [3.05, 3.63) is 204 Å². The predicted octanol–water partition coefficient (Wildman–Crippen LogP) is 16.7. The zero-order valence-corrected chi connectivity index (χ0v) is 84.6. The molecule has 6 aromatic carbocycles. The van der Waals surface area contributed by atoms with Gasteiger partial charge in [0.05, 0.1) is 113 Å². The van der Waals surface area contributed by atoms with Gasteiger partial charge in [-0.3, -0.25) is 9.13 Å². The summed E-state index contributed by atoms with van der Waals surface area (Å²) < 4.78 is 180. The van der Waals surface area contributed by atoms with E-state index < -0.39 is 136 Å². The zero-order chi connectivity index (χ0) is 96.9. The van der Waals surface area contributed by atoms with E-state index in [0.717, 1.165) is 49.2 Å². The second-order valence-electron chi connectivity index (χ2n) is 38.5. The van der Waals surface area contributed by atoms with Crippen molar-refractivity contribution in [2.24, 2.45) is 8.73 Å². The van der Waals surface area contributed by atoms with Crippen LogP contribution in [0.5, 0.6) is 17.6 Å². The fraction of sp³-hybridized carbons (Fsp3) is 0.418. The smallest absolute Gasteiger partial charge is 0.470 e. The topological polar surface area (TPSA) is 345 Å². The molecular weight excluding hydrogens is 1910 g/mol. The molecule has 38 heteroatoms. The van der Waals surface area contributed by atoms with Crippen LogP contribution in [0.15, 0.2) is 210 Å². The molecule has 724 valence electrons. The van der Waals surface area contributed by atoms with E-state index in [9.17, 15) is 27.9 Å². The predicted molar refractivity (Wildman–Crippen MR) is 527 cm³/mol. The first-order chi connectivity index (χ1) is 64.5. The molecule has 0 bridgehead atoms. The Morgan fingerprint density at radius 3 is 1.17 bits per heavy atom. The van der Waals surface area contributed by atoms with Crippen molar-refractivity contribution in [2.75, 3.05) is 85.7 Å². The second kappa shape index (κ2) is 40.6. The van der Waals surface area contributed by atoms with E-state index in [0.29, 0.717) is 97.0 Å². The van der Waals surface area contributed by atoms with Crippen molar-refractivity contribution in [1.82, 2.24) is 29.1 Å². The molecule has 7 aliphatic rings. The van der Waals surface area contributed by atoms with Gasteiger partial charge in [-0.2, -0.15) is 0 Å². The van der Waals surface area contributed by atoms with Crippen LogP contribution in [0.25, 0.3) is 89.1 Å². The SMILES string of the molecule is CC1(C)OB(c2ccc(-c3nc4cc(O[C@@H]5CO[C@H]6[C@@H]5OC[C@H]6O)n(COCC[Si](C)(C)C)c4cc3F)cc2)OC1(C)C.CN=S(C)(=O)c1ccc(-c2ccc(-c3nc4cc(O[C@@H]5CO[C@H]6[C@@H]5OC[C@H]6O)[nH]c4cc3F)cc2)cc1.CN=S(C)(=O)c1ccc(Br)cc1.C[Si](C)(C)CCOCn1c(O[C@@H]2CO[C@H]3[C@@H]2OC[C@H]3O)cc2nc(-c3ccc(-c4ccc(S(C)(=N)=O)cc4)cc3)c(F)cc21. The van der Waals surface area contributed by atoms with Gasteiger partial charge < -0.3 is 81.7 Å². The van der Waals surface area contributed by atoms with Gasteiger partial charge >= 0.3 is 7.12 Å². The largest absolute Gasteiger partial charge is 0.494 e. The molecule has 12 aromatic rings. The molecule has 13 heterocycles. The highest BCUT2D eigenvalue weighted by Gasteiger charge is 2.54. The van der Waals surface area contributed by atoms with E-state index in [1.165, 1.54) is 24.5 Å². The van der Waals surface area contributed by atoms with Gasteiger partial charge in [-0.1, -0.05) is 152 Å². The summed E-state index contributed by atoms with van der Waals surface area (Å²) in [5.41, 5.74) is 9.61. The molecule has 15 atom stereocenters. The number of halogens is 4. The highest BCUT2D eigenvalue weighted by Crippen LogP contribution is 2.42. The molecule has 0 spiro atoms. The van der Waals surface area contributed by atoms with Crippen LogP contribution in [0.2, 0.25) is 51.4 Å². The average molecular weight is 2020 g/mol. The molecule has 7 saturated heterocycles. The standard InChI is InChI=1S/C32H38FN3O6SSi.C31H42BFN2O7Si.C27H26FN3O5S.C8H10BrNOS/c1-43(34,38)23-11-9-21(10-12-23)20-5-7-22(8-6-20)30-24(33)15-26-25(35-30)16-29(36(26)19-39-13-14-44(2,3)4)42-28-18-41-31-27(37)17-40-32(28)31;1-30(2)31(3,4)42-32(41-30)20-10-8-19(9-11-20)27-21(33)14-23-22(34-27)15-26(35(23)18-37-12-13-43(5,6)7)40-25-17-39-28-24(36)16-38-29(25)28;1-29-37(2,33)18-9-7-16(8-10-18)15-3-5-17(6-4-15)25-19(28)11-20-21(31-25)12-24(30-20)36-23-14-35-26-22(32)13-34-27(23)26;1-10-12(2,11)8-5-3-7(9)4-6-8/h5-12,15-16,27-28,31-32,34,37H,13-14,17-19H2,1-4H3;8-11,14-15,24-25,28-29,36H,12-13,16-18H2,1-7H3;3-12,22-23,26-27,30,32H,13-14H2,1-2H3;3-6H,1-2H3/t27-,28-,31-,32-,43?;24-,25-,28-,29-;22-,23-,26-,27-,37?;/m111./s1. The summed E-state index contributed by atoms with van der Waals surface area (Å²) in [4.78, 5) is 19.0. The van der Waals surface area contributed by atoms with Gasteiger partial charge in [0.25, 0.3) is 0 Å². The number of hydrogen-bond acceptors (Lipinski definition) is 25. The molecule has 6 aromatic heterocycles. The van der Waals surface area contributed by atoms with Crippen molar-refractivity contribution in [2.45, 2.75) is 192 Å². The lowest BCUT2D eigenvalue weighted by Crippen LogP contribution is -2.41. The van der Waals surface area contributed by atoms with Crippen LogP contribution < -0.4 is 19.7 Å². The van der Waals surface area contributed by atoms with Crippen LogP contribution in [0.1, 0.15) is 27.7 Å². The van der Waals surface area contributed by atoms with Crippen LogP contribution in [0, 0.1) is 22.2 Å². The minimum atomic E-state index is -2.78. The highest BCUT2D eigenvalue weighted by atomic mass is 79.9. The van der Waals surface area contributed by atoms with Gasteiger partial charge in [-0.25, -0.2) is 54.3 Å². The van der Waals surface area contributed by atoms with Gasteiger partial charge in [0.2, 0.25) is 0 Å². The van der Waals surface area contributed by atoms with E-state index in [-0.39, 0.29) is 81.9 Å². The maximum absolute atomic E-state index is 15.7. The normalized spacial score (nSPS) is 23.9. The number of aromatic nitrogens is 6. The Labute approximate surface area is 801 Å². The molecule has 3 unspecified atom stereocenters. The van der Waals surface area contributed by atoms with E-state index in [1.54, 1.807) is 66.1 Å². The molecular formula is C98H116BBrF3N9O19S3Si2. The molecule has 0 saturated carbocycles. The van der Waals surface area contributed by atoms with Crippen LogP contribution in [0.3, 0.4) is 0 Å². The molecule has 7 fully saturated rings. The van der Waals surface area contributed by atoms with Gasteiger partial charge in [0.1, 0.15) is 85.5 Å². The molecule has 7 aliphatic heterocycles. The third kappa shape index (κ3) is 22.5. The summed E-state index contributed by atoms with van der Waals surface area (Å²) >= 11 is 3.31. The molecule has 0 aliphatic carbocycles. The summed E-state index contributed by atoms with van der Waals surface area (Å²) in [6.07, 6.45) is -0.953. The van der Waals surface area contributed by atoms with Crippen LogP contribution in [-0.4, -0.2) is 250 Å². The van der Waals surface area contributed by atoms with Crippen LogP contribution >= 0.6 is 15.9 Å². The van der Waals surface area contributed by atoms with Crippen molar-refractivity contribution in [3.63, 3.8) is 0 Å². The Morgan fingerprint density at radius 2 is 0.794 bits per heavy atom. The number of pyridine rings is 3. The van der Waals surface area contributed by atoms with Crippen LogP contribution in [-0.2, 0) is 89.9 Å². The number of aliphatic hydroxyl groups is 3. The number of aromatic amines is 1. The summed E-state index contributed by atoms with van der Waals surface area (Å²) in [6, 6.07) is 55.9. The van der Waals surface area contributed by atoms with E-state index in [4.69, 9.17) is 76.2 Å². The maximum Gasteiger partial charge on any atom is 0.494 e. The van der Waals surface area contributed by atoms with Crippen molar-refractivity contribution in [1.29, 1.82) is 4.78 Å². The van der Waals surface area contributed by atoms with Crippen molar-refractivity contribution < 1.29 is 103 Å². The van der Waals surface area contributed by atoms with E-state index >= 15 is 13.2 Å². The van der Waals surface area contributed by atoms with Gasteiger partial charge in [0, 0.05) is 134 Å². The minimum absolute atomic E-state index is 0.176. The van der Waals surface area contributed by atoms with E-state index in [2.05, 4.69) is 73.9 Å². The third-order valence-corrected chi connectivity index (χ3v) is 34.4. The lowest BCUT2D eigenvalue weighted by atomic mass is 9.79. The quantitative estimate of drug-likeness (QED) is 0.0262. The number of hydrogen-bond donors (Lipinski definition) is 5. The van der Waals surface area contributed by atoms with Crippen LogP contribution in [0.4, 0.5) is 13.2 Å². The first kappa shape index (κ1) is 99.9. The first-order valence-electron chi connectivity index (χ1n) is 45.0.